The maximum absolute atomic E-state index is 11.9. The molecule has 0 bridgehead atoms. The summed E-state index contributed by atoms with van der Waals surface area (Å²) in [5.41, 5.74) is 6.58. The summed E-state index contributed by atoms with van der Waals surface area (Å²) in [7, 11) is 0. The number of amides is 1. The molecule has 5 nitrogen and oxygen atoms in total. The minimum atomic E-state index is -0.156. The van der Waals surface area contributed by atoms with E-state index in [1.807, 2.05) is 6.92 Å². The van der Waals surface area contributed by atoms with Crippen molar-refractivity contribution in [3.8, 4) is 0 Å². The fourth-order valence-electron chi connectivity index (χ4n) is 2.75. The quantitative estimate of drug-likeness (QED) is 0.773. The number of hydrogen-bond acceptors (Lipinski definition) is 3. The first-order valence-electron chi connectivity index (χ1n) is 7.31. The van der Waals surface area contributed by atoms with Crippen LogP contribution in [0.1, 0.15) is 55.9 Å². The summed E-state index contributed by atoms with van der Waals surface area (Å²) < 4.78 is 1.68. The van der Waals surface area contributed by atoms with E-state index in [4.69, 9.17) is 5.73 Å². The van der Waals surface area contributed by atoms with Gasteiger partial charge in [-0.15, -0.1) is 0 Å². The molecule has 1 saturated carbocycles. The molecule has 2 rings (SSSR count). The van der Waals surface area contributed by atoms with Gasteiger partial charge in [0.05, 0.1) is 5.69 Å². The highest BCUT2D eigenvalue weighted by atomic mass is 16.1. The van der Waals surface area contributed by atoms with Crippen LogP contribution in [0.3, 0.4) is 0 Å². The summed E-state index contributed by atoms with van der Waals surface area (Å²) in [6.07, 6.45) is 9.45. The van der Waals surface area contributed by atoms with Gasteiger partial charge in [0.2, 0.25) is 0 Å². The molecule has 0 spiro atoms. The molecular weight excluding hydrogens is 240 g/mol. The van der Waals surface area contributed by atoms with Crippen LogP contribution in [-0.4, -0.2) is 22.2 Å². The SMILES string of the molecule is CCn1cc(N)c(C(=O)NCCCC2CCCC2)n1. The van der Waals surface area contributed by atoms with E-state index in [-0.39, 0.29) is 5.91 Å². The molecule has 0 unspecified atom stereocenters. The zero-order valence-electron chi connectivity index (χ0n) is 11.7. The van der Waals surface area contributed by atoms with Crippen LogP contribution in [0.15, 0.2) is 6.20 Å². The van der Waals surface area contributed by atoms with Crippen LogP contribution in [0, 0.1) is 5.92 Å². The van der Waals surface area contributed by atoms with E-state index in [0.29, 0.717) is 17.9 Å². The summed E-state index contributed by atoms with van der Waals surface area (Å²) in [6, 6.07) is 0. The van der Waals surface area contributed by atoms with E-state index in [1.54, 1.807) is 10.9 Å². The Morgan fingerprint density at radius 3 is 2.89 bits per heavy atom. The van der Waals surface area contributed by atoms with E-state index >= 15 is 0 Å². The molecule has 1 amide bonds. The molecule has 1 fully saturated rings. The lowest BCUT2D eigenvalue weighted by Gasteiger charge is -2.08. The second-order valence-corrected chi connectivity index (χ2v) is 5.34. The molecule has 1 heterocycles. The van der Waals surface area contributed by atoms with Gasteiger partial charge in [-0.25, -0.2) is 0 Å². The number of hydrogen-bond donors (Lipinski definition) is 2. The van der Waals surface area contributed by atoms with Gasteiger partial charge in [-0.2, -0.15) is 5.10 Å². The number of rotatable bonds is 6. The van der Waals surface area contributed by atoms with Crippen LogP contribution in [0.4, 0.5) is 5.69 Å². The van der Waals surface area contributed by atoms with E-state index in [0.717, 1.165) is 18.9 Å². The highest BCUT2D eigenvalue weighted by molar-refractivity contribution is 5.96. The van der Waals surface area contributed by atoms with Gasteiger partial charge in [0.25, 0.3) is 5.91 Å². The maximum Gasteiger partial charge on any atom is 0.273 e. The van der Waals surface area contributed by atoms with Gasteiger partial charge in [-0.05, 0) is 25.7 Å². The van der Waals surface area contributed by atoms with Crippen LogP contribution in [-0.2, 0) is 6.54 Å². The van der Waals surface area contributed by atoms with Crippen molar-refractivity contribution in [3.05, 3.63) is 11.9 Å². The number of aryl methyl sites for hydroxylation is 1. The van der Waals surface area contributed by atoms with Crippen molar-refractivity contribution < 1.29 is 4.79 Å². The van der Waals surface area contributed by atoms with E-state index in [2.05, 4.69) is 10.4 Å². The maximum atomic E-state index is 11.9. The first-order chi connectivity index (χ1) is 9.20. The Morgan fingerprint density at radius 2 is 2.26 bits per heavy atom. The number of nitrogen functional groups attached to an aromatic ring is 1. The van der Waals surface area contributed by atoms with Crippen molar-refractivity contribution >= 4 is 11.6 Å². The van der Waals surface area contributed by atoms with E-state index in [1.165, 1.54) is 32.1 Å². The van der Waals surface area contributed by atoms with Crippen LogP contribution in [0.5, 0.6) is 0 Å². The molecule has 0 aromatic carbocycles. The normalized spacial score (nSPS) is 15.8. The van der Waals surface area contributed by atoms with Gasteiger partial charge >= 0.3 is 0 Å². The topological polar surface area (TPSA) is 72.9 Å². The number of carbonyl (C=O) groups is 1. The number of nitrogens with zero attached hydrogens (tertiary/aromatic N) is 2. The van der Waals surface area contributed by atoms with Crippen molar-refractivity contribution in [2.75, 3.05) is 12.3 Å². The zero-order valence-corrected chi connectivity index (χ0v) is 11.7. The van der Waals surface area contributed by atoms with Crippen LogP contribution < -0.4 is 11.1 Å². The Morgan fingerprint density at radius 1 is 1.53 bits per heavy atom. The molecule has 0 saturated heterocycles. The second-order valence-electron chi connectivity index (χ2n) is 5.34. The smallest absolute Gasteiger partial charge is 0.273 e. The average molecular weight is 264 g/mol. The predicted molar refractivity (Wildman–Crippen MR) is 75.8 cm³/mol. The van der Waals surface area contributed by atoms with Gasteiger partial charge in [0.1, 0.15) is 0 Å². The van der Waals surface area contributed by atoms with E-state index < -0.39 is 0 Å². The van der Waals surface area contributed by atoms with Gasteiger partial charge < -0.3 is 11.1 Å². The average Bonchev–Trinajstić information content (AvgIpc) is 3.03. The number of nitrogens with one attached hydrogen (secondary N) is 1. The lowest BCUT2D eigenvalue weighted by molar-refractivity contribution is 0.0947. The van der Waals surface area contributed by atoms with Crippen LogP contribution in [0.25, 0.3) is 0 Å². The van der Waals surface area contributed by atoms with Crippen molar-refractivity contribution in [2.45, 2.75) is 52.0 Å². The third-order valence-corrected chi connectivity index (χ3v) is 3.88. The predicted octanol–water partition coefficient (Wildman–Crippen LogP) is 2.19. The third kappa shape index (κ3) is 3.72. The molecule has 1 aromatic heterocycles. The molecule has 19 heavy (non-hydrogen) atoms. The van der Waals surface area contributed by atoms with Gasteiger partial charge in [-0.1, -0.05) is 25.7 Å². The monoisotopic (exact) mass is 264 g/mol. The Kier molecular flexibility index (Phi) is 4.82. The first-order valence-corrected chi connectivity index (χ1v) is 7.31. The number of carbonyl (C=O) groups excluding carboxylic acids is 1. The van der Waals surface area contributed by atoms with Crippen LogP contribution >= 0.6 is 0 Å². The largest absolute Gasteiger partial charge is 0.396 e. The van der Waals surface area contributed by atoms with Gasteiger partial charge in [-0.3, -0.25) is 9.48 Å². The number of anilines is 1. The fraction of sp³-hybridized carbons (Fsp3) is 0.714. The number of nitrogens with two attached hydrogens (primary N) is 1. The van der Waals surface area contributed by atoms with Crippen molar-refractivity contribution in [2.24, 2.45) is 5.92 Å². The molecule has 3 N–H and O–H groups in total. The molecule has 1 aromatic rings. The summed E-state index contributed by atoms with van der Waals surface area (Å²) in [5.74, 6) is 0.720. The second kappa shape index (κ2) is 6.59. The zero-order chi connectivity index (χ0) is 13.7. The Bertz CT molecular complexity index is 421. The molecular formula is C14H24N4O. The minimum absolute atomic E-state index is 0.156. The molecule has 1 aliphatic carbocycles. The number of aromatic nitrogens is 2. The van der Waals surface area contributed by atoms with Crippen LogP contribution in [0.2, 0.25) is 0 Å². The summed E-state index contributed by atoms with van der Waals surface area (Å²) in [5, 5.41) is 7.07. The lowest BCUT2D eigenvalue weighted by Crippen LogP contribution is -2.26. The third-order valence-electron chi connectivity index (χ3n) is 3.88. The molecule has 0 atom stereocenters. The van der Waals surface area contributed by atoms with Crippen molar-refractivity contribution in [3.63, 3.8) is 0 Å². The molecule has 5 heteroatoms. The molecule has 0 aliphatic heterocycles. The highest BCUT2D eigenvalue weighted by Crippen LogP contribution is 2.28. The summed E-state index contributed by atoms with van der Waals surface area (Å²) in [6.45, 7) is 3.41. The van der Waals surface area contributed by atoms with Gasteiger partial charge in [0.15, 0.2) is 5.69 Å². The molecule has 1 aliphatic rings. The fourth-order valence-corrected chi connectivity index (χ4v) is 2.75. The van der Waals surface area contributed by atoms with Crippen molar-refractivity contribution in [1.29, 1.82) is 0 Å². The molecule has 106 valence electrons. The highest BCUT2D eigenvalue weighted by Gasteiger charge is 2.16. The Labute approximate surface area is 114 Å². The van der Waals surface area contributed by atoms with Gasteiger partial charge in [0, 0.05) is 19.3 Å². The summed E-state index contributed by atoms with van der Waals surface area (Å²) in [4.78, 5) is 11.9. The lowest BCUT2D eigenvalue weighted by atomic mass is 10.0. The first kappa shape index (κ1) is 13.9. The Balaban J connectivity index is 1.72. The molecule has 0 radical (unpaired) electrons. The standard InChI is InChI=1S/C14H24N4O/c1-2-18-10-12(15)13(17-18)14(19)16-9-5-8-11-6-3-4-7-11/h10-11H,2-9,15H2,1H3,(H,16,19). The summed E-state index contributed by atoms with van der Waals surface area (Å²) >= 11 is 0. The Hall–Kier alpha value is -1.52. The van der Waals surface area contributed by atoms with Crippen molar-refractivity contribution in [1.82, 2.24) is 15.1 Å². The minimum Gasteiger partial charge on any atom is -0.396 e. The van der Waals surface area contributed by atoms with E-state index in [9.17, 15) is 4.79 Å².